The fourth-order valence-corrected chi connectivity index (χ4v) is 2.44. The Bertz CT molecular complexity index is 537. The van der Waals surface area contributed by atoms with Crippen molar-refractivity contribution in [2.24, 2.45) is 0 Å². The number of allylic oxidation sites excluding steroid dienone is 5. The van der Waals surface area contributed by atoms with Crippen molar-refractivity contribution in [2.45, 2.75) is 13.3 Å². The summed E-state index contributed by atoms with van der Waals surface area (Å²) < 4.78 is 0. The molecule has 1 N–H and O–H groups in total. The highest BCUT2D eigenvalue weighted by Gasteiger charge is 2.26. The molecular formula is C14H13NO. The Morgan fingerprint density at radius 3 is 2.94 bits per heavy atom. The molecule has 0 fully saturated rings. The van der Waals surface area contributed by atoms with Gasteiger partial charge in [-0.15, -0.1) is 0 Å². The molecule has 0 amide bonds. The van der Waals surface area contributed by atoms with E-state index in [1.165, 1.54) is 11.1 Å². The number of rotatable bonds is 0. The minimum atomic E-state index is 0.167. The molecule has 2 aliphatic rings. The van der Waals surface area contributed by atoms with E-state index in [9.17, 15) is 5.21 Å². The first-order valence-corrected chi connectivity index (χ1v) is 5.50. The first-order valence-electron chi connectivity index (χ1n) is 5.50. The van der Waals surface area contributed by atoms with Gasteiger partial charge in [-0.1, -0.05) is 24.3 Å². The van der Waals surface area contributed by atoms with Crippen LogP contribution in [0, 0.1) is 5.21 Å². The number of para-hydroxylation sites is 1. The lowest BCUT2D eigenvalue weighted by molar-refractivity contribution is -0.729. The molecule has 1 aliphatic heterocycles. The van der Waals surface area contributed by atoms with E-state index < -0.39 is 0 Å². The predicted molar refractivity (Wildman–Crippen MR) is 64.9 cm³/mol. The van der Waals surface area contributed by atoms with Gasteiger partial charge in [0.1, 0.15) is 11.4 Å². The maximum absolute atomic E-state index is 12.3. The van der Waals surface area contributed by atoms with Crippen molar-refractivity contribution in [3.8, 4) is 0 Å². The Hall–Kier alpha value is -1.64. The topological polar surface area (TPSA) is 27.5 Å². The molecule has 0 saturated carbocycles. The van der Waals surface area contributed by atoms with Gasteiger partial charge in [0.15, 0.2) is 0 Å². The molecule has 0 bridgehead atoms. The van der Waals surface area contributed by atoms with Crippen molar-refractivity contribution in [2.75, 3.05) is 0 Å². The molecule has 0 saturated heterocycles. The third kappa shape index (κ3) is 1.21. The third-order valence-electron chi connectivity index (χ3n) is 3.32. The van der Waals surface area contributed by atoms with Gasteiger partial charge >= 0.3 is 0 Å². The van der Waals surface area contributed by atoms with Crippen molar-refractivity contribution in [1.82, 2.24) is 0 Å². The van der Waals surface area contributed by atoms with E-state index in [1.54, 1.807) is 0 Å². The normalized spacial score (nSPS) is 22.6. The molecule has 0 radical (unpaired) electrons. The third-order valence-corrected chi connectivity index (χ3v) is 3.32. The smallest absolute Gasteiger partial charge is 0.143 e. The number of hydrogen-bond donors (Lipinski definition) is 1. The molecular weight excluding hydrogens is 198 g/mol. The van der Waals surface area contributed by atoms with E-state index in [1.807, 2.05) is 36.4 Å². The highest BCUT2D eigenvalue weighted by molar-refractivity contribution is 5.79. The molecule has 1 aromatic rings. The predicted octanol–water partition coefficient (Wildman–Crippen LogP) is 2.33. The molecule has 1 aromatic carbocycles. The second-order valence-corrected chi connectivity index (χ2v) is 4.19. The summed E-state index contributed by atoms with van der Waals surface area (Å²) in [5.41, 5.74) is 5.23. The monoisotopic (exact) mass is 211 g/mol. The average Bonchev–Trinajstić information content (AvgIpc) is 2.36. The minimum Gasteiger partial charge on any atom is -0.623 e. The summed E-state index contributed by atoms with van der Waals surface area (Å²) in [6.45, 7) is 2.10. The summed E-state index contributed by atoms with van der Waals surface area (Å²) in [7, 11) is 0. The van der Waals surface area contributed by atoms with E-state index >= 15 is 0 Å². The van der Waals surface area contributed by atoms with Crippen molar-refractivity contribution in [1.29, 1.82) is 0 Å². The highest BCUT2D eigenvalue weighted by atomic mass is 16.5. The van der Waals surface area contributed by atoms with E-state index in [2.05, 4.69) is 13.0 Å². The number of nitrogens with one attached hydrogen (secondary N) is 1. The number of hydrogen-bond acceptors (Lipinski definition) is 1. The fraction of sp³-hybridized carbons (Fsp3) is 0.143. The lowest BCUT2D eigenvalue weighted by atomic mass is 9.89. The van der Waals surface area contributed by atoms with E-state index in [0.29, 0.717) is 0 Å². The van der Waals surface area contributed by atoms with Crippen LogP contribution in [0.3, 0.4) is 0 Å². The van der Waals surface area contributed by atoms with Gasteiger partial charge in [-0.05, 0) is 31.1 Å². The second kappa shape index (κ2) is 3.44. The van der Waals surface area contributed by atoms with Crippen LogP contribution in [0.1, 0.15) is 18.9 Å². The number of benzene rings is 1. The Balaban J connectivity index is 2.29. The minimum absolute atomic E-state index is 0.167. The van der Waals surface area contributed by atoms with E-state index in [0.717, 1.165) is 23.4 Å². The van der Waals surface area contributed by atoms with Crippen LogP contribution >= 0.6 is 0 Å². The number of quaternary nitrogens is 1. The zero-order chi connectivity index (χ0) is 11.1. The summed E-state index contributed by atoms with van der Waals surface area (Å²) in [6, 6.07) is 7.86. The van der Waals surface area contributed by atoms with Gasteiger partial charge < -0.3 is 10.3 Å². The van der Waals surface area contributed by atoms with Crippen LogP contribution in [0.15, 0.2) is 53.8 Å². The van der Waals surface area contributed by atoms with E-state index in [4.69, 9.17) is 0 Å². The molecule has 0 aromatic heterocycles. The van der Waals surface area contributed by atoms with Crippen LogP contribution in [-0.4, -0.2) is 0 Å². The van der Waals surface area contributed by atoms with Gasteiger partial charge in [-0.25, -0.2) is 0 Å². The molecule has 1 heterocycles. The summed E-state index contributed by atoms with van der Waals surface area (Å²) in [4.78, 5) is 0. The summed E-state index contributed by atoms with van der Waals surface area (Å²) in [6.07, 6.45) is 6.87. The van der Waals surface area contributed by atoms with Crippen LogP contribution in [0.5, 0.6) is 0 Å². The van der Waals surface area contributed by atoms with Gasteiger partial charge in [-0.2, -0.15) is 0 Å². The van der Waals surface area contributed by atoms with Gasteiger partial charge in [0.25, 0.3) is 0 Å². The standard InChI is InChI=1S/C14H13NO/c1-10-11-6-2-4-8-13(11)15(16)14-9-5-3-7-12(10)14/h2-6,8-9,15H,7H2,1H3. The number of fused-ring (bicyclic) bond motifs is 2. The maximum atomic E-state index is 12.3. The van der Waals surface area contributed by atoms with Crippen molar-refractivity contribution >= 4 is 11.3 Å². The Labute approximate surface area is 94.8 Å². The average molecular weight is 211 g/mol. The van der Waals surface area contributed by atoms with Crippen molar-refractivity contribution < 1.29 is 5.06 Å². The zero-order valence-electron chi connectivity index (χ0n) is 9.16. The lowest BCUT2D eigenvalue weighted by Crippen LogP contribution is -3.01. The highest BCUT2D eigenvalue weighted by Crippen LogP contribution is 2.33. The van der Waals surface area contributed by atoms with Crippen LogP contribution in [0.2, 0.25) is 0 Å². The van der Waals surface area contributed by atoms with Crippen LogP contribution in [-0.2, 0) is 0 Å². The summed E-state index contributed by atoms with van der Waals surface area (Å²) in [5, 5.41) is 12.4. The van der Waals surface area contributed by atoms with Gasteiger partial charge in [-0.3, -0.25) is 0 Å². The molecule has 1 unspecified atom stereocenters. The molecule has 80 valence electrons. The molecule has 3 rings (SSSR count). The Morgan fingerprint density at radius 2 is 2.06 bits per heavy atom. The Morgan fingerprint density at radius 1 is 1.25 bits per heavy atom. The summed E-state index contributed by atoms with van der Waals surface area (Å²) >= 11 is 0. The first kappa shape index (κ1) is 9.58. The van der Waals surface area contributed by atoms with E-state index in [-0.39, 0.29) is 5.06 Å². The summed E-state index contributed by atoms with van der Waals surface area (Å²) in [5.74, 6) is 0. The first-order chi connectivity index (χ1) is 7.79. The molecule has 1 aliphatic carbocycles. The number of hydroxylamine groups is 1. The van der Waals surface area contributed by atoms with Crippen LogP contribution in [0.4, 0.5) is 5.69 Å². The SMILES string of the molecule is CC1=C2CC=CC=C2[NH+]([O-])c2ccccc21. The lowest BCUT2D eigenvalue weighted by Gasteiger charge is -2.33. The van der Waals surface area contributed by atoms with Crippen LogP contribution < -0.4 is 5.06 Å². The maximum Gasteiger partial charge on any atom is 0.143 e. The van der Waals surface area contributed by atoms with Crippen molar-refractivity contribution in [3.05, 3.63) is 64.5 Å². The molecule has 1 atom stereocenters. The Kier molecular flexibility index (Phi) is 2.06. The van der Waals surface area contributed by atoms with Gasteiger partial charge in [0.2, 0.25) is 0 Å². The van der Waals surface area contributed by atoms with Gasteiger partial charge in [0.05, 0.1) is 0 Å². The second-order valence-electron chi connectivity index (χ2n) is 4.19. The fourth-order valence-electron chi connectivity index (χ4n) is 2.44. The zero-order valence-corrected chi connectivity index (χ0v) is 9.16. The van der Waals surface area contributed by atoms with Crippen LogP contribution in [0.25, 0.3) is 5.57 Å². The molecule has 16 heavy (non-hydrogen) atoms. The van der Waals surface area contributed by atoms with Crippen molar-refractivity contribution in [3.63, 3.8) is 0 Å². The van der Waals surface area contributed by atoms with Gasteiger partial charge in [0, 0.05) is 17.2 Å². The molecule has 2 heteroatoms. The quantitative estimate of drug-likeness (QED) is 0.655. The molecule has 2 nitrogen and oxygen atoms in total. The largest absolute Gasteiger partial charge is 0.623 e. The molecule has 0 spiro atoms.